The maximum absolute atomic E-state index is 10.9. The Morgan fingerprint density at radius 1 is 1.53 bits per heavy atom. The number of carboxylic acid groups (broad SMARTS) is 1. The summed E-state index contributed by atoms with van der Waals surface area (Å²) in [5, 5.41) is 11.8. The zero-order valence-corrected chi connectivity index (χ0v) is 9.16. The lowest BCUT2D eigenvalue weighted by Crippen LogP contribution is -2.33. The second kappa shape index (κ2) is 6.31. The maximum atomic E-state index is 10.9. The Morgan fingerprint density at radius 3 is 2.73 bits per heavy atom. The van der Waals surface area contributed by atoms with E-state index in [1.165, 1.54) is 0 Å². The van der Waals surface area contributed by atoms with Gasteiger partial charge < -0.3 is 14.6 Å². The van der Waals surface area contributed by atoms with Crippen LogP contribution in [0.4, 0.5) is 5.69 Å². The van der Waals surface area contributed by atoms with E-state index in [1.807, 2.05) is 30.3 Å². The number of anilines is 1. The van der Waals surface area contributed by atoms with E-state index >= 15 is 0 Å². The molecule has 0 aliphatic carbocycles. The van der Waals surface area contributed by atoms with Gasteiger partial charge in [0.05, 0.1) is 6.61 Å². The van der Waals surface area contributed by atoms with Crippen molar-refractivity contribution < 1.29 is 14.1 Å². The number of benzene rings is 1. The van der Waals surface area contributed by atoms with E-state index in [0.29, 0.717) is 0 Å². The molecule has 5 heteroatoms. The molecule has 1 unspecified atom stereocenters. The summed E-state index contributed by atoms with van der Waals surface area (Å²) in [7, 11) is 0. The maximum Gasteiger partial charge on any atom is 0.328 e. The van der Waals surface area contributed by atoms with Crippen molar-refractivity contribution in [1.29, 1.82) is 0 Å². The van der Waals surface area contributed by atoms with Crippen molar-refractivity contribution in [3.63, 3.8) is 0 Å². The summed E-state index contributed by atoms with van der Waals surface area (Å²) in [5.41, 5.74) is 0.773. The Hall–Kier alpha value is -1.20. The summed E-state index contributed by atoms with van der Waals surface area (Å²) in [6, 6.07) is 8.47. The van der Waals surface area contributed by atoms with Crippen molar-refractivity contribution in [1.82, 2.24) is 0 Å². The summed E-state index contributed by atoms with van der Waals surface area (Å²) in [5.74, 6) is -0.923. The Kier molecular flexibility index (Phi) is 5.00. The average molecular weight is 227 g/mol. The van der Waals surface area contributed by atoms with Gasteiger partial charge in [0.1, 0.15) is 6.04 Å². The smallest absolute Gasteiger partial charge is 0.328 e. The van der Waals surface area contributed by atoms with Crippen molar-refractivity contribution >= 4 is 23.7 Å². The number of hydrogen-bond acceptors (Lipinski definition) is 4. The van der Waals surface area contributed by atoms with Gasteiger partial charge in [-0.15, -0.1) is 0 Å². The minimum Gasteiger partial charge on any atom is -0.480 e. The van der Waals surface area contributed by atoms with E-state index in [2.05, 4.69) is 5.32 Å². The summed E-state index contributed by atoms with van der Waals surface area (Å²) in [4.78, 5) is 10.9. The first-order valence-electron chi connectivity index (χ1n) is 4.44. The molecule has 0 fully saturated rings. The van der Waals surface area contributed by atoms with Gasteiger partial charge in [0, 0.05) is 11.9 Å². The van der Waals surface area contributed by atoms with Crippen LogP contribution in [0.15, 0.2) is 30.3 Å². The fraction of sp³-hybridized carbons (Fsp3) is 0.300. The van der Waals surface area contributed by atoms with Crippen LogP contribution < -0.4 is 5.32 Å². The van der Waals surface area contributed by atoms with Crippen LogP contribution in [0.5, 0.6) is 0 Å². The second-order valence-corrected chi connectivity index (χ2v) is 3.42. The summed E-state index contributed by atoms with van der Waals surface area (Å²) < 4.78 is 5.00. The number of carboxylic acids is 1. The first-order chi connectivity index (χ1) is 7.24. The molecule has 1 aromatic rings. The Labute approximate surface area is 92.8 Å². The third kappa shape index (κ3) is 4.22. The number of carbonyl (C=O) groups is 1. The standard InChI is InChI=1S/C10H13NO3S/c1-15-14-7-9(10(12)13)11-8-5-3-2-4-6-8/h2-6,9,11H,7H2,1H3,(H,12,13). The van der Waals surface area contributed by atoms with Crippen molar-refractivity contribution in [3.05, 3.63) is 30.3 Å². The van der Waals surface area contributed by atoms with Crippen molar-refractivity contribution in [2.24, 2.45) is 0 Å². The van der Waals surface area contributed by atoms with Crippen molar-refractivity contribution in [2.75, 3.05) is 18.2 Å². The highest BCUT2D eigenvalue weighted by Gasteiger charge is 2.16. The van der Waals surface area contributed by atoms with Gasteiger partial charge in [-0.1, -0.05) is 18.2 Å². The van der Waals surface area contributed by atoms with E-state index in [4.69, 9.17) is 9.29 Å². The molecular weight excluding hydrogens is 214 g/mol. The molecule has 82 valence electrons. The largest absolute Gasteiger partial charge is 0.480 e. The fourth-order valence-corrected chi connectivity index (χ4v) is 1.32. The van der Waals surface area contributed by atoms with Gasteiger partial charge in [-0.3, -0.25) is 0 Å². The van der Waals surface area contributed by atoms with Gasteiger partial charge in [-0.25, -0.2) is 4.79 Å². The van der Waals surface area contributed by atoms with Crippen LogP contribution in [0.25, 0.3) is 0 Å². The molecule has 0 aromatic heterocycles. The zero-order chi connectivity index (χ0) is 11.1. The molecule has 0 spiro atoms. The molecule has 2 N–H and O–H groups in total. The number of para-hydroxylation sites is 1. The van der Waals surface area contributed by atoms with Crippen LogP contribution in [-0.2, 0) is 8.98 Å². The summed E-state index contributed by atoms with van der Waals surface area (Å²) in [6.07, 6.45) is 1.75. The number of nitrogens with one attached hydrogen (secondary N) is 1. The lowest BCUT2D eigenvalue weighted by molar-refractivity contribution is -0.138. The van der Waals surface area contributed by atoms with Crippen LogP contribution in [0.1, 0.15) is 0 Å². The normalized spacial score (nSPS) is 12.1. The predicted octanol–water partition coefficient (Wildman–Crippen LogP) is 1.85. The minimum absolute atomic E-state index is 0.130. The van der Waals surface area contributed by atoms with E-state index < -0.39 is 12.0 Å². The quantitative estimate of drug-likeness (QED) is 0.726. The van der Waals surface area contributed by atoms with E-state index in [1.54, 1.807) is 6.26 Å². The van der Waals surface area contributed by atoms with Gasteiger partial charge in [0.25, 0.3) is 0 Å². The van der Waals surface area contributed by atoms with Crippen LogP contribution in [-0.4, -0.2) is 30.0 Å². The average Bonchev–Trinajstić information content (AvgIpc) is 2.25. The van der Waals surface area contributed by atoms with Crippen molar-refractivity contribution in [3.8, 4) is 0 Å². The molecule has 0 amide bonds. The molecule has 0 bridgehead atoms. The van der Waals surface area contributed by atoms with E-state index in [9.17, 15) is 4.79 Å². The Balaban J connectivity index is 2.55. The molecule has 0 saturated heterocycles. The number of aliphatic carboxylic acids is 1. The molecule has 4 nitrogen and oxygen atoms in total. The zero-order valence-electron chi connectivity index (χ0n) is 8.34. The highest BCUT2D eigenvalue weighted by atomic mass is 32.2. The lowest BCUT2D eigenvalue weighted by atomic mass is 10.2. The fourth-order valence-electron chi connectivity index (χ4n) is 1.05. The first kappa shape index (κ1) is 11.9. The van der Waals surface area contributed by atoms with Crippen LogP contribution >= 0.6 is 12.0 Å². The molecule has 0 radical (unpaired) electrons. The van der Waals surface area contributed by atoms with Gasteiger partial charge in [0.2, 0.25) is 0 Å². The molecule has 1 aromatic carbocycles. The molecule has 0 heterocycles. The lowest BCUT2D eigenvalue weighted by Gasteiger charge is -2.14. The Morgan fingerprint density at radius 2 is 2.20 bits per heavy atom. The SMILES string of the molecule is CSOCC(Nc1ccccc1)C(=O)O. The molecule has 15 heavy (non-hydrogen) atoms. The molecule has 0 aliphatic rings. The van der Waals surface area contributed by atoms with Gasteiger partial charge in [-0.05, 0) is 24.2 Å². The molecular formula is C10H13NO3S. The topological polar surface area (TPSA) is 58.6 Å². The highest BCUT2D eigenvalue weighted by Crippen LogP contribution is 2.08. The van der Waals surface area contributed by atoms with Crippen molar-refractivity contribution in [2.45, 2.75) is 6.04 Å². The third-order valence-corrected chi connectivity index (χ3v) is 2.14. The van der Waals surface area contributed by atoms with Crippen LogP contribution in [0, 0.1) is 0 Å². The van der Waals surface area contributed by atoms with Crippen LogP contribution in [0.2, 0.25) is 0 Å². The molecule has 1 atom stereocenters. The van der Waals surface area contributed by atoms with Crippen LogP contribution in [0.3, 0.4) is 0 Å². The minimum atomic E-state index is -0.923. The second-order valence-electron chi connectivity index (χ2n) is 2.85. The predicted molar refractivity (Wildman–Crippen MR) is 61.0 cm³/mol. The Bertz CT molecular complexity index is 305. The van der Waals surface area contributed by atoms with E-state index in [-0.39, 0.29) is 6.61 Å². The monoisotopic (exact) mass is 227 g/mol. The highest BCUT2D eigenvalue weighted by molar-refractivity contribution is 7.93. The van der Waals surface area contributed by atoms with Gasteiger partial charge >= 0.3 is 5.97 Å². The molecule has 1 rings (SSSR count). The molecule has 0 aliphatic heterocycles. The number of rotatable bonds is 6. The summed E-state index contributed by atoms with van der Waals surface area (Å²) in [6.45, 7) is 0.130. The molecule has 0 saturated carbocycles. The van der Waals surface area contributed by atoms with Gasteiger partial charge in [-0.2, -0.15) is 0 Å². The van der Waals surface area contributed by atoms with E-state index in [0.717, 1.165) is 17.7 Å². The summed E-state index contributed by atoms with van der Waals surface area (Å²) >= 11 is 1.15. The number of hydrogen-bond donors (Lipinski definition) is 2. The third-order valence-electron chi connectivity index (χ3n) is 1.77. The first-order valence-corrected chi connectivity index (χ1v) is 5.59. The van der Waals surface area contributed by atoms with Gasteiger partial charge in [0.15, 0.2) is 0 Å².